The molecule has 0 aromatic heterocycles. The van der Waals surface area contributed by atoms with Crippen molar-refractivity contribution in [3.8, 4) is 0 Å². The monoisotopic (exact) mass is 339 g/mol. The van der Waals surface area contributed by atoms with Crippen LogP contribution in [0, 0.1) is 0 Å². The first-order chi connectivity index (χ1) is 12.1. The van der Waals surface area contributed by atoms with E-state index in [0.29, 0.717) is 5.56 Å². The van der Waals surface area contributed by atoms with Gasteiger partial charge in [-0.25, -0.2) is 0 Å². The fraction of sp³-hybridized carbons (Fsp3) is 0.250. The molecule has 0 heterocycles. The van der Waals surface area contributed by atoms with Gasteiger partial charge in [-0.1, -0.05) is 60.7 Å². The number of nitrogens with one attached hydrogen (secondary N) is 1. The normalized spacial score (nSPS) is 11.4. The van der Waals surface area contributed by atoms with E-state index in [1.807, 2.05) is 43.3 Å². The van der Waals surface area contributed by atoms with Gasteiger partial charge >= 0.3 is 5.97 Å². The molecule has 5 nitrogen and oxygen atoms in total. The van der Waals surface area contributed by atoms with Crippen molar-refractivity contribution in [3.63, 3.8) is 0 Å². The van der Waals surface area contributed by atoms with Crippen molar-refractivity contribution in [3.05, 3.63) is 71.8 Å². The summed E-state index contributed by atoms with van der Waals surface area (Å²) in [5.74, 6) is -1.06. The van der Waals surface area contributed by atoms with Gasteiger partial charge in [0.1, 0.15) is 0 Å². The SMILES string of the molecule is C[C@H](NC(=O)COC(=O)CCC(=O)c1ccccc1)c1ccccc1. The summed E-state index contributed by atoms with van der Waals surface area (Å²) in [5, 5.41) is 2.76. The third kappa shape index (κ3) is 6.22. The summed E-state index contributed by atoms with van der Waals surface area (Å²) >= 11 is 0. The number of rotatable bonds is 8. The minimum atomic E-state index is -0.563. The van der Waals surface area contributed by atoms with E-state index in [4.69, 9.17) is 4.74 Å². The van der Waals surface area contributed by atoms with E-state index in [-0.39, 0.29) is 37.2 Å². The Hall–Kier alpha value is -2.95. The molecule has 1 atom stereocenters. The molecular formula is C20H21NO4. The Morgan fingerprint density at radius 2 is 1.52 bits per heavy atom. The van der Waals surface area contributed by atoms with E-state index < -0.39 is 5.97 Å². The number of carbonyl (C=O) groups excluding carboxylic acids is 3. The van der Waals surface area contributed by atoms with E-state index in [1.165, 1.54) is 0 Å². The molecule has 0 saturated carbocycles. The average Bonchev–Trinajstić information content (AvgIpc) is 2.65. The van der Waals surface area contributed by atoms with Crippen molar-refractivity contribution >= 4 is 17.7 Å². The van der Waals surface area contributed by atoms with Crippen molar-refractivity contribution in [2.24, 2.45) is 0 Å². The van der Waals surface area contributed by atoms with Gasteiger partial charge in [0.15, 0.2) is 12.4 Å². The lowest BCUT2D eigenvalue weighted by Gasteiger charge is -2.14. The molecule has 0 aliphatic rings. The molecule has 0 radical (unpaired) electrons. The molecule has 2 rings (SSSR count). The van der Waals surface area contributed by atoms with Crippen molar-refractivity contribution in [2.75, 3.05) is 6.61 Å². The highest BCUT2D eigenvalue weighted by molar-refractivity contribution is 5.97. The molecule has 130 valence electrons. The van der Waals surface area contributed by atoms with Crippen molar-refractivity contribution in [1.82, 2.24) is 5.32 Å². The van der Waals surface area contributed by atoms with Gasteiger partial charge in [-0.3, -0.25) is 14.4 Å². The van der Waals surface area contributed by atoms with Gasteiger partial charge in [0, 0.05) is 12.0 Å². The molecule has 0 spiro atoms. The standard InChI is InChI=1S/C20H21NO4/c1-15(16-8-4-2-5-9-16)21-19(23)14-25-20(24)13-12-18(22)17-10-6-3-7-11-17/h2-11,15H,12-14H2,1H3,(H,21,23)/t15-/m0/s1. The fourth-order valence-corrected chi connectivity index (χ4v) is 2.31. The first-order valence-corrected chi connectivity index (χ1v) is 8.14. The highest BCUT2D eigenvalue weighted by atomic mass is 16.5. The Balaban J connectivity index is 1.69. The van der Waals surface area contributed by atoms with Crippen LogP contribution in [0.15, 0.2) is 60.7 Å². The number of carbonyl (C=O) groups is 3. The quantitative estimate of drug-likeness (QED) is 0.592. The first kappa shape index (κ1) is 18.4. The van der Waals surface area contributed by atoms with Gasteiger partial charge in [0.05, 0.1) is 12.5 Å². The number of esters is 1. The van der Waals surface area contributed by atoms with Crippen LogP contribution in [0.5, 0.6) is 0 Å². The average molecular weight is 339 g/mol. The Morgan fingerprint density at radius 3 is 2.16 bits per heavy atom. The third-order valence-electron chi connectivity index (χ3n) is 3.69. The molecule has 25 heavy (non-hydrogen) atoms. The van der Waals surface area contributed by atoms with Crippen LogP contribution in [-0.2, 0) is 14.3 Å². The summed E-state index contributed by atoms with van der Waals surface area (Å²) in [6.45, 7) is 1.50. The van der Waals surface area contributed by atoms with Gasteiger partial charge in [-0.2, -0.15) is 0 Å². The summed E-state index contributed by atoms with van der Waals surface area (Å²) in [6, 6.07) is 18.1. The number of amides is 1. The lowest BCUT2D eigenvalue weighted by molar-refractivity contribution is -0.148. The maximum Gasteiger partial charge on any atom is 0.306 e. The van der Waals surface area contributed by atoms with Crippen molar-refractivity contribution < 1.29 is 19.1 Å². The number of hydrogen-bond acceptors (Lipinski definition) is 4. The molecule has 2 aromatic carbocycles. The molecule has 0 saturated heterocycles. The predicted octanol–water partition coefficient (Wildman–Crippen LogP) is 3.07. The summed E-state index contributed by atoms with van der Waals surface area (Å²) in [4.78, 5) is 35.4. The van der Waals surface area contributed by atoms with Crippen LogP contribution in [-0.4, -0.2) is 24.3 Å². The summed E-state index contributed by atoms with van der Waals surface area (Å²) < 4.78 is 4.92. The minimum absolute atomic E-state index is 0.0464. The number of hydrogen-bond donors (Lipinski definition) is 1. The Morgan fingerprint density at radius 1 is 0.920 bits per heavy atom. The largest absolute Gasteiger partial charge is 0.456 e. The molecule has 2 aromatic rings. The lowest BCUT2D eigenvalue weighted by atomic mass is 10.1. The van der Waals surface area contributed by atoms with Crippen LogP contribution >= 0.6 is 0 Å². The molecule has 0 fully saturated rings. The zero-order chi connectivity index (χ0) is 18.1. The van der Waals surface area contributed by atoms with Gasteiger partial charge in [-0.15, -0.1) is 0 Å². The second-order valence-corrected chi connectivity index (χ2v) is 5.65. The Kier molecular flexibility index (Phi) is 6.89. The maximum absolute atomic E-state index is 11.9. The zero-order valence-corrected chi connectivity index (χ0v) is 14.1. The van der Waals surface area contributed by atoms with E-state index in [9.17, 15) is 14.4 Å². The van der Waals surface area contributed by atoms with Crippen LogP contribution in [0.25, 0.3) is 0 Å². The summed E-state index contributed by atoms with van der Waals surface area (Å²) in [7, 11) is 0. The van der Waals surface area contributed by atoms with E-state index in [2.05, 4.69) is 5.32 Å². The molecule has 1 amide bonds. The predicted molar refractivity (Wildman–Crippen MR) is 94.0 cm³/mol. The second kappa shape index (κ2) is 9.37. The Labute approximate surface area is 147 Å². The van der Waals surface area contributed by atoms with Gasteiger partial charge in [-0.05, 0) is 12.5 Å². The molecule has 1 N–H and O–H groups in total. The topological polar surface area (TPSA) is 72.5 Å². The maximum atomic E-state index is 11.9. The lowest BCUT2D eigenvalue weighted by Crippen LogP contribution is -2.31. The highest BCUT2D eigenvalue weighted by Crippen LogP contribution is 2.11. The van der Waals surface area contributed by atoms with Crippen LogP contribution in [0.4, 0.5) is 0 Å². The third-order valence-corrected chi connectivity index (χ3v) is 3.69. The van der Waals surface area contributed by atoms with E-state index >= 15 is 0 Å². The van der Waals surface area contributed by atoms with Crippen LogP contribution in [0.3, 0.4) is 0 Å². The van der Waals surface area contributed by atoms with Crippen LogP contribution in [0.1, 0.15) is 41.7 Å². The molecule has 0 unspecified atom stereocenters. The number of ether oxygens (including phenoxy) is 1. The number of benzene rings is 2. The summed E-state index contributed by atoms with van der Waals surface area (Å²) in [5.41, 5.74) is 1.53. The molecule has 5 heteroatoms. The molecule has 0 bridgehead atoms. The van der Waals surface area contributed by atoms with Gasteiger partial charge in [0.2, 0.25) is 0 Å². The number of Topliss-reactive ketones (excluding diaryl/α,β-unsaturated/α-hetero) is 1. The Bertz CT molecular complexity index is 713. The highest BCUT2D eigenvalue weighted by Gasteiger charge is 2.13. The number of ketones is 1. The van der Waals surface area contributed by atoms with Gasteiger partial charge < -0.3 is 10.1 Å². The molecule has 0 aliphatic heterocycles. The van der Waals surface area contributed by atoms with Crippen LogP contribution in [0.2, 0.25) is 0 Å². The van der Waals surface area contributed by atoms with Crippen LogP contribution < -0.4 is 5.32 Å². The smallest absolute Gasteiger partial charge is 0.306 e. The first-order valence-electron chi connectivity index (χ1n) is 8.14. The second-order valence-electron chi connectivity index (χ2n) is 5.65. The molecular weight excluding hydrogens is 318 g/mol. The van der Waals surface area contributed by atoms with Crippen molar-refractivity contribution in [2.45, 2.75) is 25.8 Å². The van der Waals surface area contributed by atoms with Gasteiger partial charge in [0.25, 0.3) is 5.91 Å². The van der Waals surface area contributed by atoms with E-state index in [0.717, 1.165) is 5.56 Å². The fourth-order valence-electron chi connectivity index (χ4n) is 2.31. The summed E-state index contributed by atoms with van der Waals surface area (Å²) in [6.07, 6.45) is 0.0140. The van der Waals surface area contributed by atoms with Crippen molar-refractivity contribution in [1.29, 1.82) is 0 Å². The molecule has 0 aliphatic carbocycles. The zero-order valence-electron chi connectivity index (χ0n) is 14.1. The van der Waals surface area contributed by atoms with E-state index in [1.54, 1.807) is 24.3 Å². The minimum Gasteiger partial charge on any atom is -0.456 e.